The Bertz CT molecular complexity index is 983. The highest BCUT2D eigenvalue weighted by atomic mass is 19.3. The second-order valence-corrected chi connectivity index (χ2v) is 8.47. The van der Waals surface area contributed by atoms with Crippen molar-refractivity contribution in [1.29, 1.82) is 0 Å². The van der Waals surface area contributed by atoms with Gasteiger partial charge in [-0.15, -0.1) is 0 Å². The molecule has 0 saturated heterocycles. The number of hydrogen-bond donors (Lipinski definition) is 1. The Morgan fingerprint density at radius 2 is 1.84 bits per heavy atom. The fourth-order valence-corrected chi connectivity index (χ4v) is 3.30. The van der Waals surface area contributed by atoms with Gasteiger partial charge in [-0.1, -0.05) is 70.2 Å². The van der Waals surface area contributed by atoms with Crippen molar-refractivity contribution in [2.75, 3.05) is 6.61 Å². The van der Waals surface area contributed by atoms with E-state index in [1.54, 1.807) is 13.0 Å². The summed E-state index contributed by atoms with van der Waals surface area (Å²) < 4.78 is 31.7. The average molecular weight is 429 g/mol. The van der Waals surface area contributed by atoms with E-state index in [-0.39, 0.29) is 5.41 Å². The molecule has 0 aliphatic carbocycles. The number of ether oxygens (including phenoxy) is 1. The minimum absolute atomic E-state index is 0.303. The van der Waals surface area contributed by atoms with Crippen LogP contribution in [0, 0.1) is 0 Å². The molecule has 31 heavy (non-hydrogen) atoms. The molecule has 0 amide bonds. The molecule has 2 rings (SSSR count). The number of rotatable bonds is 8. The number of carboxylic acid groups (broad SMARTS) is 1. The lowest BCUT2D eigenvalue weighted by Crippen LogP contribution is -2.17. The van der Waals surface area contributed by atoms with Gasteiger partial charge in [-0.3, -0.25) is 0 Å². The Kier molecular flexibility index (Phi) is 8.14. The number of aryl methyl sites for hydroxylation is 1. The minimum Gasteiger partial charge on any atom is -0.487 e. The molecule has 166 valence electrons. The maximum absolute atomic E-state index is 13.0. The second-order valence-electron chi connectivity index (χ2n) is 8.47. The Balaban J connectivity index is 2.72. The van der Waals surface area contributed by atoms with Crippen molar-refractivity contribution in [3.05, 3.63) is 70.8 Å². The summed E-state index contributed by atoms with van der Waals surface area (Å²) in [6.45, 7) is 9.18. The Hall–Kier alpha value is -2.95. The number of hydrogen-bond acceptors (Lipinski definition) is 2. The molecule has 0 aromatic heterocycles. The highest BCUT2D eigenvalue weighted by Gasteiger charge is 2.24. The number of carboxylic acids is 1. The Morgan fingerprint density at radius 3 is 2.42 bits per heavy atom. The van der Waals surface area contributed by atoms with Crippen molar-refractivity contribution in [2.45, 2.75) is 52.9 Å². The molecule has 0 saturated carbocycles. The smallest absolute Gasteiger partial charge is 0.328 e. The van der Waals surface area contributed by atoms with Crippen LogP contribution in [0.15, 0.2) is 54.1 Å². The highest BCUT2D eigenvalue weighted by molar-refractivity contribution is 5.83. The van der Waals surface area contributed by atoms with E-state index in [4.69, 9.17) is 9.84 Å². The largest absolute Gasteiger partial charge is 0.487 e. The Morgan fingerprint density at radius 1 is 1.16 bits per heavy atom. The summed E-state index contributed by atoms with van der Waals surface area (Å²) in [6.07, 6.45) is 2.90. The first-order chi connectivity index (χ1) is 14.5. The lowest BCUT2D eigenvalue weighted by atomic mass is 9.82. The van der Waals surface area contributed by atoms with Crippen LogP contribution in [0.4, 0.5) is 8.78 Å². The topological polar surface area (TPSA) is 46.5 Å². The maximum atomic E-state index is 13.0. The zero-order valence-corrected chi connectivity index (χ0v) is 18.7. The quantitative estimate of drug-likeness (QED) is 0.367. The van der Waals surface area contributed by atoms with Crippen LogP contribution in [0.5, 0.6) is 5.75 Å². The van der Waals surface area contributed by atoms with Gasteiger partial charge in [0.25, 0.3) is 6.43 Å². The fourth-order valence-electron chi connectivity index (χ4n) is 3.30. The van der Waals surface area contributed by atoms with Gasteiger partial charge in [-0.2, -0.15) is 0 Å². The zero-order chi connectivity index (χ0) is 23.2. The summed E-state index contributed by atoms with van der Waals surface area (Å²) in [6, 6.07) is 11.6. The van der Waals surface area contributed by atoms with Crippen molar-refractivity contribution in [3.63, 3.8) is 0 Å². The molecule has 0 atom stereocenters. The first-order valence-electron chi connectivity index (χ1n) is 10.3. The lowest BCUT2D eigenvalue weighted by molar-refractivity contribution is -0.131. The van der Waals surface area contributed by atoms with Gasteiger partial charge in [0, 0.05) is 17.2 Å². The molecular formula is C26H30F2O3. The third-order valence-electron chi connectivity index (χ3n) is 4.85. The van der Waals surface area contributed by atoms with Crippen LogP contribution < -0.4 is 4.74 Å². The van der Waals surface area contributed by atoms with Crippen molar-refractivity contribution in [3.8, 4) is 16.9 Å². The predicted molar refractivity (Wildman–Crippen MR) is 122 cm³/mol. The van der Waals surface area contributed by atoms with Crippen LogP contribution in [0.2, 0.25) is 0 Å². The van der Waals surface area contributed by atoms with Crippen molar-refractivity contribution < 1.29 is 23.4 Å². The normalized spacial score (nSPS) is 12.6. The molecule has 0 unspecified atom stereocenters. The van der Waals surface area contributed by atoms with E-state index in [0.717, 1.165) is 40.3 Å². The fraction of sp³-hybridized carbons (Fsp3) is 0.346. The maximum Gasteiger partial charge on any atom is 0.328 e. The van der Waals surface area contributed by atoms with Crippen molar-refractivity contribution in [2.24, 2.45) is 0 Å². The molecule has 0 heterocycles. The Labute approximate surface area is 183 Å². The van der Waals surface area contributed by atoms with E-state index in [1.165, 1.54) is 0 Å². The highest BCUT2D eigenvalue weighted by Crippen LogP contribution is 2.42. The van der Waals surface area contributed by atoms with E-state index in [0.29, 0.717) is 11.3 Å². The predicted octanol–water partition coefficient (Wildman–Crippen LogP) is 6.90. The average Bonchev–Trinajstić information content (AvgIpc) is 2.69. The van der Waals surface area contributed by atoms with Gasteiger partial charge in [0.2, 0.25) is 0 Å². The summed E-state index contributed by atoms with van der Waals surface area (Å²) >= 11 is 0. The molecule has 0 radical (unpaired) electrons. The van der Waals surface area contributed by atoms with Gasteiger partial charge < -0.3 is 9.84 Å². The zero-order valence-electron chi connectivity index (χ0n) is 18.7. The molecular weight excluding hydrogens is 398 g/mol. The lowest BCUT2D eigenvalue weighted by Gasteiger charge is -2.26. The summed E-state index contributed by atoms with van der Waals surface area (Å²) in [5.74, 6) is -0.549. The van der Waals surface area contributed by atoms with E-state index in [2.05, 4.69) is 6.92 Å². The standard InChI is InChI=1S/C26H30F2O3/c1-6-18-14-21(25(31-16-23(27)28)22(15-18)26(3,4)5)20-10-8-7-9-19(20)12-11-17(2)13-24(29)30/h7-15,23H,6,16H2,1-5H3,(H,29,30). The number of carbonyl (C=O) groups is 1. The molecule has 1 N–H and O–H groups in total. The van der Waals surface area contributed by atoms with E-state index < -0.39 is 19.0 Å². The van der Waals surface area contributed by atoms with Gasteiger partial charge in [-0.05, 0) is 47.1 Å². The van der Waals surface area contributed by atoms with Gasteiger partial charge >= 0.3 is 5.97 Å². The number of halogens is 2. The van der Waals surface area contributed by atoms with Crippen LogP contribution >= 0.6 is 0 Å². The van der Waals surface area contributed by atoms with Gasteiger partial charge in [-0.25, -0.2) is 13.6 Å². The first kappa shape index (κ1) is 24.3. The van der Waals surface area contributed by atoms with Crippen LogP contribution in [-0.4, -0.2) is 24.1 Å². The van der Waals surface area contributed by atoms with Crippen molar-refractivity contribution >= 4 is 12.0 Å². The van der Waals surface area contributed by atoms with Crippen molar-refractivity contribution in [1.82, 2.24) is 0 Å². The van der Waals surface area contributed by atoms with Gasteiger partial charge in [0.15, 0.2) is 0 Å². The minimum atomic E-state index is -2.58. The van der Waals surface area contributed by atoms with E-state index in [1.807, 2.05) is 63.2 Å². The summed E-state index contributed by atoms with van der Waals surface area (Å²) in [7, 11) is 0. The summed E-state index contributed by atoms with van der Waals surface area (Å²) in [5.41, 5.74) is 4.69. The summed E-state index contributed by atoms with van der Waals surface area (Å²) in [5, 5.41) is 8.93. The van der Waals surface area contributed by atoms with Gasteiger partial charge in [0.05, 0.1) is 0 Å². The molecule has 0 fully saturated rings. The SMILES string of the molecule is CCc1cc(-c2ccccc2C=CC(C)=CC(=O)O)c(OCC(F)F)c(C(C)(C)C)c1. The third kappa shape index (κ3) is 6.78. The molecule has 0 aliphatic heterocycles. The van der Waals surface area contributed by atoms with E-state index in [9.17, 15) is 13.6 Å². The number of aliphatic carboxylic acids is 1. The summed E-state index contributed by atoms with van der Waals surface area (Å²) in [4.78, 5) is 10.9. The second kappa shape index (κ2) is 10.4. The van der Waals surface area contributed by atoms with Gasteiger partial charge in [0.1, 0.15) is 12.4 Å². The molecule has 5 heteroatoms. The first-order valence-corrected chi connectivity index (χ1v) is 10.3. The molecule has 0 bridgehead atoms. The van der Waals surface area contributed by atoms with E-state index >= 15 is 0 Å². The molecule has 0 spiro atoms. The molecule has 3 nitrogen and oxygen atoms in total. The van der Waals surface area contributed by atoms with Crippen LogP contribution in [0.25, 0.3) is 17.2 Å². The third-order valence-corrected chi connectivity index (χ3v) is 4.85. The van der Waals surface area contributed by atoms with Crippen LogP contribution in [0.3, 0.4) is 0 Å². The van der Waals surface area contributed by atoms with Crippen LogP contribution in [-0.2, 0) is 16.6 Å². The monoisotopic (exact) mass is 428 g/mol. The molecule has 2 aromatic carbocycles. The molecule has 2 aromatic rings. The van der Waals surface area contributed by atoms with Crippen LogP contribution in [0.1, 0.15) is 51.3 Å². The number of alkyl halides is 2. The molecule has 0 aliphatic rings. The number of benzene rings is 2. The number of allylic oxidation sites excluding steroid dienone is 2.